The van der Waals surface area contributed by atoms with Gasteiger partial charge >= 0.3 is 5.97 Å². The highest BCUT2D eigenvalue weighted by Crippen LogP contribution is 2.22. The van der Waals surface area contributed by atoms with E-state index in [-0.39, 0.29) is 11.4 Å². The number of nitrogens with zero attached hydrogens (tertiary/aromatic N) is 2. The number of para-hydroxylation sites is 1. The third-order valence-electron chi connectivity index (χ3n) is 3.68. The maximum Gasteiger partial charge on any atom is 0.357 e. The second-order valence-electron chi connectivity index (χ2n) is 5.55. The van der Waals surface area contributed by atoms with Gasteiger partial charge in [-0.3, -0.25) is 9.36 Å². The average molecular weight is 403 g/mol. The molecule has 0 spiro atoms. The minimum Gasteiger partial charge on any atom is -0.451 e. The summed E-state index contributed by atoms with van der Waals surface area (Å²) in [5.41, 5.74) is 0.659. The lowest BCUT2D eigenvalue weighted by molar-refractivity contribution is -0.119. The summed E-state index contributed by atoms with van der Waals surface area (Å²) in [5.74, 6) is -3.20. The minimum atomic E-state index is -0.925. The van der Waals surface area contributed by atoms with Gasteiger partial charge in [0, 0.05) is 11.8 Å². The topological polar surface area (TPSA) is 73.2 Å². The molecule has 9 heteroatoms. The van der Waals surface area contributed by atoms with Crippen LogP contribution in [0.1, 0.15) is 10.5 Å². The smallest absolute Gasteiger partial charge is 0.357 e. The van der Waals surface area contributed by atoms with Gasteiger partial charge in [-0.05, 0) is 30.5 Å². The van der Waals surface area contributed by atoms with Crippen LogP contribution in [0.25, 0.3) is 5.69 Å². The molecule has 0 aliphatic carbocycles. The predicted molar refractivity (Wildman–Crippen MR) is 101 cm³/mol. The lowest BCUT2D eigenvalue weighted by Gasteiger charge is -2.11. The van der Waals surface area contributed by atoms with Crippen LogP contribution < -0.4 is 5.32 Å². The molecule has 0 saturated carbocycles. The van der Waals surface area contributed by atoms with Crippen molar-refractivity contribution in [1.82, 2.24) is 9.55 Å². The first kappa shape index (κ1) is 19.6. The van der Waals surface area contributed by atoms with E-state index >= 15 is 0 Å². The molecule has 0 saturated heterocycles. The average Bonchev–Trinajstić information content (AvgIpc) is 3.13. The van der Waals surface area contributed by atoms with Crippen molar-refractivity contribution in [2.45, 2.75) is 5.16 Å². The van der Waals surface area contributed by atoms with E-state index in [1.54, 1.807) is 4.57 Å². The van der Waals surface area contributed by atoms with Gasteiger partial charge in [-0.25, -0.2) is 18.6 Å². The summed E-state index contributed by atoms with van der Waals surface area (Å²) in [7, 11) is 0. The Kier molecular flexibility index (Phi) is 6.05. The number of nitrogens with one attached hydrogen (secondary N) is 1. The van der Waals surface area contributed by atoms with Gasteiger partial charge in [-0.2, -0.15) is 0 Å². The molecular formula is C19H15F2N3O3S. The Morgan fingerprint density at radius 2 is 1.93 bits per heavy atom. The second kappa shape index (κ2) is 8.66. The van der Waals surface area contributed by atoms with Gasteiger partial charge in [0.15, 0.2) is 17.5 Å². The van der Waals surface area contributed by atoms with Crippen molar-refractivity contribution >= 4 is 29.3 Å². The van der Waals surface area contributed by atoms with Crippen LogP contribution in [0.3, 0.4) is 0 Å². The number of halogens is 2. The van der Waals surface area contributed by atoms with Crippen LogP contribution in [-0.4, -0.2) is 34.3 Å². The number of ether oxygens (including phenoxy) is 1. The molecule has 144 valence electrons. The molecule has 0 aliphatic heterocycles. The van der Waals surface area contributed by atoms with Crippen LogP contribution in [0.2, 0.25) is 0 Å². The van der Waals surface area contributed by atoms with E-state index in [1.165, 1.54) is 18.0 Å². The van der Waals surface area contributed by atoms with Gasteiger partial charge in [0.2, 0.25) is 0 Å². The number of imidazole rings is 1. The summed E-state index contributed by atoms with van der Waals surface area (Å²) in [4.78, 5) is 28.6. The molecule has 1 amide bonds. The van der Waals surface area contributed by atoms with Crippen molar-refractivity contribution in [3.63, 3.8) is 0 Å². The Labute approximate surface area is 163 Å². The van der Waals surface area contributed by atoms with E-state index in [0.717, 1.165) is 12.1 Å². The molecule has 0 bridgehead atoms. The molecule has 1 aromatic heterocycles. The van der Waals surface area contributed by atoms with Crippen molar-refractivity contribution in [2.24, 2.45) is 0 Å². The summed E-state index contributed by atoms with van der Waals surface area (Å²) in [6.45, 7) is -0.635. The fourth-order valence-electron chi connectivity index (χ4n) is 2.43. The molecule has 1 N–H and O–H groups in total. The number of carbonyl (C=O) groups excluding carboxylic acids is 2. The molecular weight excluding hydrogens is 388 g/mol. The Morgan fingerprint density at radius 1 is 1.18 bits per heavy atom. The normalized spacial score (nSPS) is 10.5. The van der Waals surface area contributed by atoms with Gasteiger partial charge < -0.3 is 10.1 Å². The van der Waals surface area contributed by atoms with Crippen LogP contribution in [0, 0.1) is 11.6 Å². The molecule has 0 unspecified atom stereocenters. The predicted octanol–water partition coefficient (Wildman–Crippen LogP) is 3.67. The first-order valence-corrected chi connectivity index (χ1v) is 9.31. The van der Waals surface area contributed by atoms with E-state index in [1.807, 2.05) is 36.6 Å². The molecule has 3 rings (SSSR count). The van der Waals surface area contributed by atoms with Gasteiger partial charge in [0.25, 0.3) is 5.91 Å². The molecule has 28 heavy (non-hydrogen) atoms. The molecule has 2 aromatic carbocycles. The molecule has 0 aliphatic rings. The Balaban J connectivity index is 1.70. The number of aromatic nitrogens is 2. The SMILES string of the molecule is CSc1ncc(C(=O)OCC(=O)Nc2ccc(F)cc2F)n1-c1ccccc1. The second-order valence-corrected chi connectivity index (χ2v) is 6.32. The number of rotatable bonds is 6. The maximum atomic E-state index is 13.6. The van der Waals surface area contributed by atoms with Gasteiger partial charge in [-0.1, -0.05) is 30.0 Å². The summed E-state index contributed by atoms with van der Waals surface area (Å²) < 4.78 is 33.1. The van der Waals surface area contributed by atoms with Crippen LogP contribution in [0.5, 0.6) is 0 Å². The number of benzene rings is 2. The van der Waals surface area contributed by atoms with E-state index in [2.05, 4.69) is 10.3 Å². The van der Waals surface area contributed by atoms with Crippen LogP contribution in [-0.2, 0) is 9.53 Å². The van der Waals surface area contributed by atoms with Gasteiger partial charge in [-0.15, -0.1) is 0 Å². The van der Waals surface area contributed by atoms with Crippen LogP contribution in [0.4, 0.5) is 14.5 Å². The van der Waals surface area contributed by atoms with Crippen LogP contribution in [0.15, 0.2) is 59.9 Å². The zero-order chi connectivity index (χ0) is 20.1. The standard InChI is InChI=1S/C19H15F2N3O3S/c1-28-19-22-10-16(24(19)13-5-3-2-4-6-13)18(26)27-11-17(25)23-15-8-7-12(20)9-14(15)21/h2-10H,11H2,1H3,(H,23,25). The van der Waals surface area contributed by atoms with Crippen molar-refractivity contribution in [1.29, 1.82) is 0 Å². The summed E-state index contributed by atoms with van der Waals surface area (Å²) >= 11 is 1.35. The molecule has 1 heterocycles. The largest absolute Gasteiger partial charge is 0.451 e. The van der Waals surface area contributed by atoms with Crippen LogP contribution >= 0.6 is 11.8 Å². The van der Waals surface area contributed by atoms with E-state index in [9.17, 15) is 18.4 Å². The quantitative estimate of drug-likeness (QED) is 0.502. The highest BCUT2D eigenvalue weighted by atomic mass is 32.2. The lowest BCUT2D eigenvalue weighted by Crippen LogP contribution is -2.22. The van der Waals surface area contributed by atoms with E-state index < -0.39 is 30.1 Å². The monoisotopic (exact) mass is 403 g/mol. The molecule has 0 fully saturated rings. The highest BCUT2D eigenvalue weighted by Gasteiger charge is 2.20. The fourth-order valence-corrected chi connectivity index (χ4v) is 2.98. The number of hydrogen-bond donors (Lipinski definition) is 1. The van der Waals surface area contributed by atoms with E-state index in [0.29, 0.717) is 16.9 Å². The Morgan fingerprint density at radius 3 is 2.61 bits per heavy atom. The summed E-state index contributed by atoms with van der Waals surface area (Å²) in [5, 5.41) is 2.80. The van der Waals surface area contributed by atoms with Crippen molar-refractivity contribution in [2.75, 3.05) is 18.2 Å². The number of carbonyl (C=O) groups is 2. The lowest BCUT2D eigenvalue weighted by atomic mass is 10.3. The minimum absolute atomic E-state index is 0.149. The summed E-state index contributed by atoms with van der Waals surface area (Å²) in [6, 6.07) is 11.8. The third kappa shape index (κ3) is 4.37. The Bertz CT molecular complexity index is 1010. The van der Waals surface area contributed by atoms with E-state index in [4.69, 9.17) is 4.74 Å². The number of esters is 1. The highest BCUT2D eigenvalue weighted by molar-refractivity contribution is 7.98. The van der Waals surface area contributed by atoms with Gasteiger partial charge in [0.05, 0.1) is 11.9 Å². The Hall–Kier alpha value is -3.20. The maximum absolute atomic E-state index is 13.6. The zero-order valence-corrected chi connectivity index (χ0v) is 15.5. The first-order chi connectivity index (χ1) is 13.5. The summed E-state index contributed by atoms with van der Waals surface area (Å²) in [6.07, 6.45) is 3.18. The fraction of sp³-hybridized carbons (Fsp3) is 0.105. The van der Waals surface area contributed by atoms with Gasteiger partial charge in [0.1, 0.15) is 11.6 Å². The number of amides is 1. The first-order valence-electron chi connectivity index (χ1n) is 8.08. The molecule has 0 atom stereocenters. The zero-order valence-electron chi connectivity index (χ0n) is 14.7. The third-order valence-corrected chi connectivity index (χ3v) is 4.33. The van der Waals surface area contributed by atoms with Crippen molar-refractivity contribution in [3.8, 4) is 5.69 Å². The van der Waals surface area contributed by atoms with Crippen molar-refractivity contribution in [3.05, 3.63) is 72.1 Å². The number of anilines is 1. The number of thioether (sulfide) groups is 1. The molecule has 0 radical (unpaired) electrons. The van der Waals surface area contributed by atoms with Crippen molar-refractivity contribution < 1.29 is 23.1 Å². The molecule has 3 aromatic rings. The molecule has 6 nitrogen and oxygen atoms in total. The number of hydrogen-bond acceptors (Lipinski definition) is 5.